The minimum Gasteiger partial charge on any atom is -0.366 e. The number of carbonyl (C=O) groups excluding carboxylic acids is 2. The van der Waals surface area contributed by atoms with E-state index in [9.17, 15) is 14.4 Å². The SMILES string of the molecule is C[n+]1[nH]oc(=O)c1SCCC(=O)Nc1ccc(C(N)=O)cc1. The summed E-state index contributed by atoms with van der Waals surface area (Å²) in [7, 11) is 1.65. The number of H-pyrrole nitrogens is 1. The lowest BCUT2D eigenvalue weighted by Crippen LogP contribution is -2.33. The van der Waals surface area contributed by atoms with E-state index in [2.05, 4.69) is 15.1 Å². The van der Waals surface area contributed by atoms with Gasteiger partial charge < -0.3 is 11.1 Å². The van der Waals surface area contributed by atoms with Gasteiger partial charge in [0.25, 0.3) is 0 Å². The highest BCUT2D eigenvalue weighted by atomic mass is 32.2. The lowest BCUT2D eigenvalue weighted by molar-refractivity contribution is -0.772. The van der Waals surface area contributed by atoms with E-state index < -0.39 is 11.5 Å². The number of anilines is 1. The number of thioether (sulfide) groups is 1. The Morgan fingerprint density at radius 3 is 2.59 bits per heavy atom. The van der Waals surface area contributed by atoms with Gasteiger partial charge in [0.15, 0.2) is 7.05 Å². The van der Waals surface area contributed by atoms with E-state index in [4.69, 9.17) is 5.73 Å². The van der Waals surface area contributed by atoms with Crippen LogP contribution in [0.15, 0.2) is 38.6 Å². The summed E-state index contributed by atoms with van der Waals surface area (Å²) in [6.07, 6.45) is 0.229. The van der Waals surface area contributed by atoms with Crippen LogP contribution < -0.4 is 21.4 Å². The van der Waals surface area contributed by atoms with Crippen LogP contribution in [0.25, 0.3) is 0 Å². The molecule has 8 nitrogen and oxygen atoms in total. The summed E-state index contributed by atoms with van der Waals surface area (Å²) in [4.78, 5) is 34.1. The van der Waals surface area contributed by atoms with Gasteiger partial charge in [0.05, 0.1) is 0 Å². The second kappa shape index (κ2) is 6.94. The van der Waals surface area contributed by atoms with Crippen LogP contribution >= 0.6 is 11.8 Å². The monoisotopic (exact) mass is 323 g/mol. The highest BCUT2D eigenvalue weighted by Gasteiger charge is 2.17. The van der Waals surface area contributed by atoms with Crippen molar-refractivity contribution in [2.45, 2.75) is 11.4 Å². The van der Waals surface area contributed by atoms with Crippen LogP contribution in [0.4, 0.5) is 5.69 Å². The van der Waals surface area contributed by atoms with Gasteiger partial charge in [0.2, 0.25) is 11.8 Å². The van der Waals surface area contributed by atoms with Gasteiger partial charge in [-0.15, -0.1) is 0 Å². The summed E-state index contributed by atoms with van der Waals surface area (Å²) in [6.45, 7) is 0. The number of amides is 2. The molecular weight excluding hydrogens is 308 g/mol. The number of hydrogen-bond donors (Lipinski definition) is 3. The first-order valence-electron chi connectivity index (χ1n) is 6.37. The number of nitrogens with two attached hydrogens (primary N) is 1. The molecule has 1 heterocycles. The fraction of sp³-hybridized carbons (Fsp3) is 0.231. The molecule has 0 bridgehead atoms. The molecule has 0 unspecified atom stereocenters. The molecule has 2 amide bonds. The first-order valence-corrected chi connectivity index (χ1v) is 7.36. The number of rotatable bonds is 6. The molecule has 1 aromatic heterocycles. The van der Waals surface area contributed by atoms with Gasteiger partial charge in [0.1, 0.15) is 0 Å². The Hall–Kier alpha value is -2.55. The van der Waals surface area contributed by atoms with Gasteiger partial charge in [-0.05, 0) is 41.3 Å². The quantitative estimate of drug-likeness (QED) is 0.511. The van der Waals surface area contributed by atoms with Crippen molar-refractivity contribution in [1.82, 2.24) is 5.27 Å². The highest BCUT2D eigenvalue weighted by molar-refractivity contribution is 7.99. The van der Waals surface area contributed by atoms with Crippen molar-refractivity contribution < 1.29 is 18.8 Å². The molecule has 116 valence electrons. The molecule has 0 spiro atoms. The van der Waals surface area contributed by atoms with Crippen molar-refractivity contribution in [1.29, 1.82) is 0 Å². The second-order valence-electron chi connectivity index (χ2n) is 4.43. The van der Waals surface area contributed by atoms with E-state index in [0.717, 1.165) is 0 Å². The smallest absolute Gasteiger partial charge is 0.366 e. The lowest BCUT2D eigenvalue weighted by atomic mass is 10.2. The number of primary amides is 1. The predicted molar refractivity (Wildman–Crippen MR) is 79.4 cm³/mol. The summed E-state index contributed by atoms with van der Waals surface area (Å²) >= 11 is 1.23. The Labute approximate surface area is 129 Å². The standard InChI is InChI=1S/C13H14N4O4S/c1-17-12(13(20)21-16-17)22-7-6-10(18)15-9-4-2-8(3-5-9)11(14)19/h2-5H,6-7H2,1H3,(H3-,14,15,16,18,19,20)/p+1. The number of hydrogen-bond acceptors (Lipinski definition) is 5. The minimum absolute atomic E-state index is 0.193. The van der Waals surface area contributed by atoms with Gasteiger partial charge in [-0.3, -0.25) is 14.1 Å². The van der Waals surface area contributed by atoms with Crippen molar-refractivity contribution >= 4 is 29.3 Å². The van der Waals surface area contributed by atoms with Crippen molar-refractivity contribution in [3.8, 4) is 0 Å². The van der Waals surface area contributed by atoms with Crippen LogP contribution in [0.5, 0.6) is 0 Å². The maximum absolute atomic E-state index is 11.8. The molecule has 0 aliphatic rings. The third-order valence-corrected chi connectivity index (χ3v) is 3.90. The number of carbonyl (C=O) groups is 2. The van der Waals surface area contributed by atoms with Crippen molar-refractivity contribution in [3.63, 3.8) is 0 Å². The van der Waals surface area contributed by atoms with Crippen LogP contribution in [0.1, 0.15) is 16.8 Å². The van der Waals surface area contributed by atoms with E-state index in [1.807, 2.05) is 0 Å². The zero-order chi connectivity index (χ0) is 16.1. The van der Waals surface area contributed by atoms with Crippen LogP contribution in [-0.2, 0) is 11.8 Å². The fourth-order valence-electron chi connectivity index (χ4n) is 1.67. The average molecular weight is 323 g/mol. The lowest BCUT2D eigenvalue weighted by Gasteiger charge is -2.04. The Morgan fingerprint density at radius 2 is 2.05 bits per heavy atom. The van der Waals surface area contributed by atoms with E-state index in [-0.39, 0.29) is 12.3 Å². The summed E-state index contributed by atoms with van der Waals surface area (Å²) < 4.78 is 6.05. The third kappa shape index (κ3) is 3.98. The van der Waals surface area contributed by atoms with Crippen molar-refractivity contribution in [2.24, 2.45) is 12.8 Å². The fourth-order valence-corrected chi connectivity index (χ4v) is 2.54. The highest BCUT2D eigenvalue weighted by Crippen LogP contribution is 2.12. The zero-order valence-corrected chi connectivity index (χ0v) is 12.6. The molecule has 0 fully saturated rings. The van der Waals surface area contributed by atoms with Gasteiger partial charge in [0, 0.05) is 23.4 Å². The molecule has 0 saturated carbocycles. The molecule has 1 aromatic carbocycles. The zero-order valence-electron chi connectivity index (χ0n) is 11.8. The number of aryl methyl sites for hydroxylation is 1. The molecule has 0 atom stereocenters. The molecule has 4 N–H and O–H groups in total. The first-order chi connectivity index (χ1) is 10.5. The molecule has 9 heteroatoms. The molecule has 0 aliphatic heterocycles. The van der Waals surface area contributed by atoms with E-state index in [0.29, 0.717) is 22.0 Å². The number of benzene rings is 1. The minimum atomic E-state index is -0.521. The number of nitrogens with one attached hydrogen (secondary N) is 2. The molecule has 0 aliphatic carbocycles. The summed E-state index contributed by atoms with van der Waals surface area (Å²) in [5, 5.41) is 5.50. The summed E-state index contributed by atoms with van der Waals surface area (Å²) in [5.41, 5.74) is 5.62. The van der Waals surface area contributed by atoms with E-state index >= 15 is 0 Å². The maximum atomic E-state index is 11.8. The van der Waals surface area contributed by atoms with Crippen LogP contribution in [0.2, 0.25) is 0 Å². The molecule has 0 radical (unpaired) electrons. The van der Waals surface area contributed by atoms with Crippen LogP contribution in [0.3, 0.4) is 0 Å². The Morgan fingerprint density at radius 1 is 1.36 bits per heavy atom. The van der Waals surface area contributed by atoms with Crippen molar-refractivity contribution in [3.05, 3.63) is 40.2 Å². The Bertz CT molecular complexity index is 735. The normalized spacial score (nSPS) is 10.4. The number of aromatic amines is 1. The first kappa shape index (κ1) is 15.8. The Kier molecular flexibility index (Phi) is 4.99. The van der Waals surface area contributed by atoms with Gasteiger partial charge in [-0.2, -0.15) is 0 Å². The number of nitrogens with zero attached hydrogens (tertiary/aromatic N) is 1. The van der Waals surface area contributed by atoms with Crippen LogP contribution in [0, 0.1) is 0 Å². The second-order valence-corrected chi connectivity index (χ2v) is 5.52. The van der Waals surface area contributed by atoms with E-state index in [1.165, 1.54) is 28.6 Å². The summed E-state index contributed by atoms with van der Waals surface area (Å²) in [5.74, 6) is -0.281. The molecular formula is C13H15N4O4S+. The molecule has 2 rings (SSSR count). The topological polar surface area (TPSA) is 122 Å². The third-order valence-electron chi connectivity index (χ3n) is 2.78. The molecule has 2 aromatic rings. The van der Waals surface area contributed by atoms with Gasteiger partial charge in [-0.25, -0.2) is 4.79 Å². The maximum Gasteiger partial charge on any atom is 0.441 e. The largest absolute Gasteiger partial charge is 0.441 e. The average Bonchev–Trinajstić information content (AvgIpc) is 2.79. The van der Waals surface area contributed by atoms with Gasteiger partial charge in [-0.1, -0.05) is 4.68 Å². The summed E-state index contributed by atoms with van der Waals surface area (Å²) in [6, 6.07) is 6.28. The predicted octanol–water partition coefficient (Wildman–Crippen LogP) is 0.0122. The molecule has 0 saturated heterocycles. The van der Waals surface area contributed by atoms with Crippen molar-refractivity contribution in [2.75, 3.05) is 11.1 Å². The Balaban J connectivity index is 1.83. The van der Waals surface area contributed by atoms with Crippen LogP contribution in [-0.4, -0.2) is 22.8 Å². The number of aromatic nitrogens is 2. The van der Waals surface area contributed by atoms with Gasteiger partial charge >= 0.3 is 10.7 Å². The molecule has 22 heavy (non-hydrogen) atoms. The van der Waals surface area contributed by atoms with E-state index in [1.54, 1.807) is 19.2 Å².